The average molecular weight is 133 g/mol. The Hall–Kier alpha value is -0.800. The van der Waals surface area contributed by atoms with Crippen LogP contribution in [0.25, 0.3) is 0 Å². The standard InChI is InChI=1S/C5H8FNO2/c6-4-1-2-7(3-4)5(8)9/h4H,1-3H2,(H,8,9)/t4-/m1/s1. The lowest BCUT2D eigenvalue weighted by molar-refractivity contribution is 0.152. The second kappa shape index (κ2) is 2.21. The molecule has 1 aliphatic heterocycles. The van der Waals surface area contributed by atoms with Crippen LogP contribution in [0, 0.1) is 0 Å². The number of carboxylic acid groups (broad SMARTS) is 1. The quantitative estimate of drug-likeness (QED) is 0.528. The summed E-state index contributed by atoms with van der Waals surface area (Å²) in [5.74, 6) is 0. The Morgan fingerprint density at radius 3 is 2.67 bits per heavy atom. The molecule has 0 unspecified atom stereocenters. The van der Waals surface area contributed by atoms with Gasteiger partial charge in [-0.15, -0.1) is 0 Å². The Morgan fingerprint density at radius 1 is 1.78 bits per heavy atom. The molecule has 3 nitrogen and oxygen atoms in total. The first kappa shape index (κ1) is 6.32. The summed E-state index contributed by atoms with van der Waals surface area (Å²) < 4.78 is 12.2. The molecule has 1 heterocycles. The van der Waals surface area contributed by atoms with Crippen LogP contribution in [0.15, 0.2) is 0 Å². The van der Waals surface area contributed by atoms with Crippen molar-refractivity contribution in [2.75, 3.05) is 13.1 Å². The Balaban J connectivity index is 2.39. The van der Waals surface area contributed by atoms with E-state index in [1.165, 1.54) is 0 Å². The van der Waals surface area contributed by atoms with Gasteiger partial charge < -0.3 is 10.0 Å². The van der Waals surface area contributed by atoms with Crippen LogP contribution in [-0.4, -0.2) is 35.4 Å². The zero-order chi connectivity index (χ0) is 6.85. The molecule has 0 spiro atoms. The molecule has 1 rings (SSSR count). The second-order valence-electron chi connectivity index (χ2n) is 2.11. The van der Waals surface area contributed by atoms with Crippen molar-refractivity contribution < 1.29 is 14.3 Å². The van der Waals surface area contributed by atoms with Crippen LogP contribution >= 0.6 is 0 Å². The topological polar surface area (TPSA) is 40.5 Å². The molecule has 0 aromatic carbocycles. The van der Waals surface area contributed by atoms with E-state index in [0.29, 0.717) is 13.0 Å². The van der Waals surface area contributed by atoms with E-state index in [-0.39, 0.29) is 6.54 Å². The van der Waals surface area contributed by atoms with Gasteiger partial charge in [0, 0.05) is 6.54 Å². The van der Waals surface area contributed by atoms with Crippen molar-refractivity contribution in [1.82, 2.24) is 4.90 Å². The summed E-state index contributed by atoms with van der Waals surface area (Å²) in [6, 6.07) is 0. The molecule has 0 saturated carbocycles. The van der Waals surface area contributed by atoms with Crippen molar-refractivity contribution in [3.63, 3.8) is 0 Å². The molecule has 1 saturated heterocycles. The third-order valence-corrected chi connectivity index (χ3v) is 1.40. The summed E-state index contributed by atoms with van der Waals surface area (Å²) >= 11 is 0. The number of likely N-dealkylation sites (tertiary alicyclic amines) is 1. The van der Waals surface area contributed by atoms with Gasteiger partial charge in [-0.2, -0.15) is 0 Å². The van der Waals surface area contributed by atoms with E-state index in [9.17, 15) is 9.18 Å². The molecule has 4 heteroatoms. The van der Waals surface area contributed by atoms with Crippen LogP contribution in [0.1, 0.15) is 6.42 Å². The molecule has 1 atom stereocenters. The average Bonchev–Trinajstić information content (AvgIpc) is 2.14. The normalized spacial score (nSPS) is 26.8. The van der Waals surface area contributed by atoms with Crippen molar-refractivity contribution in [3.8, 4) is 0 Å². The van der Waals surface area contributed by atoms with E-state index in [1.807, 2.05) is 0 Å². The summed E-state index contributed by atoms with van der Waals surface area (Å²) in [6.07, 6.45) is -1.61. The van der Waals surface area contributed by atoms with Gasteiger partial charge in [-0.3, -0.25) is 0 Å². The lowest BCUT2D eigenvalue weighted by Gasteiger charge is -2.07. The predicted molar refractivity (Wildman–Crippen MR) is 29.1 cm³/mol. The summed E-state index contributed by atoms with van der Waals surface area (Å²) in [4.78, 5) is 11.2. The van der Waals surface area contributed by atoms with Crippen LogP contribution in [0.5, 0.6) is 0 Å². The van der Waals surface area contributed by atoms with Crippen molar-refractivity contribution in [2.45, 2.75) is 12.6 Å². The van der Waals surface area contributed by atoms with E-state index in [4.69, 9.17) is 5.11 Å². The Kier molecular flexibility index (Phi) is 1.55. The van der Waals surface area contributed by atoms with Gasteiger partial charge in [0.25, 0.3) is 0 Å². The molecular weight excluding hydrogens is 125 g/mol. The van der Waals surface area contributed by atoms with Crippen molar-refractivity contribution >= 4 is 6.09 Å². The van der Waals surface area contributed by atoms with E-state index in [2.05, 4.69) is 0 Å². The van der Waals surface area contributed by atoms with Gasteiger partial charge in [0.1, 0.15) is 6.17 Å². The number of amides is 1. The maximum absolute atomic E-state index is 12.2. The van der Waals surface area contributed by atoms with Crippen LogP contribution in [0.4, 0.5) is 9.18 Å². The second-order valence-corrected chi connectivity index (χ2v) is 2.11. The monoisotopic (exact) mass is 133 g/mol. The van der Waals surface area contributed by atoms with Crippen LogP contribution in [-0.2, 0) is 0 Å². The fraction of sp³-hybridized carbons (Fsp3) is 0.800. The van der Waals surface area contributed by atoms with Crippen molar-refractivity contribution in [3.05, 3.63) is 0 Å². The fourth-order valence-electron chi connectivity index (χ4n) is 0.891. The molecule has 1 N–H and O–H groups in total. The van der Waals surface area contributed by atoms with E-state index < -0.39 is 12.3 Å². The van der Waals surface area contributed by atoms with E-state index in [1.54, 1.807) is 0 Å². The van der Waals surface area contributed by atoms with Gasteiger partial charge in [0.15, 0.2) is 0 Å². The largest absolute Gasteiger partial charge is 0.465 e. The highest BCUT2D eigenvalue weighted by Gasteiger charge is 2.24. The number of alkyl halides is 1. The molecule has 1 amide bonds. The first-order valence-electron chi connectivity index (χ1n) is 2.82. The summed E-state index contributed by atoms with van der Waals surface area (Å²) in [7, 11) is 0. The van der Waals surface area contributed by atoms with Gasteiger partial charge in [-0.25, -0.2) is 9.18 Å². The Labute approximate surface area is 52.1 Å². The fourth-order valence-corrected chi connectivity index (χ4v) is 0.891. The first-order valence-corrected chi connectivity index (χ1v) is 2.82. The predicted octanol–water partition coefficient (Wildman–Crippen LogP) is 0.708. The molecule has 1 fully saturated rings. The highest BCUT2D eigenvalue weighted by atomic mass is 19.1. The zero-order valence-electron chi connectivity index (χ0n) is 4.88. The SMILES string of the molecule is O=C(O)N1CC[C@@H](F)C1. The van der Waals surface area contributed by atoms with Gasteiger partial charge >= 0.3 is 6.09 Å². The van der Waals surface area contributed by atoms with Gasteiger partial charge in [0.05, 0.1) is 6.54 Å². The lowest BCUT2D eigenvalue weighted by atomic mass is 10.3. The molecular formula is C5H8FNO2. The van der Waals surface area contributed by atoms with Crippen molar-refractivity contribution in [2.24, 2.45) is 0 Å². The number of halogens is 1. The molecule has 9 heavy (non-hydrogen) atoms. The maximum atomic E-state index is 12.2. The number of carbonyl (C=O) groups is 1. The smallest absolute Gasteiger partial charge is 0.407 e. The maximum Gasteiger partial charge on any atom is 0.407 e. The zero-order valence-corrected chi connectivity index (χ0v) is 4.88. The third-order valence-electron chi connectivity index (χ3n) is 1.40. The molecule has 1 aliphatic rings. The van der Waals surface area contributed by atoms with Crippen LogP contribution < -0.4 is 0 Å². The minimum absolute atomic E-state index is 0.0509. The molecule has 0 aromatic rings. The molecule has 0 aromatic heterocycles. The van der Waals surface area contributed by atoms with Crippen LogP contribution in [0.2, 0.25) is 0 Å². The minimum Gasteiger partial charge on any atom is -0.465 e. The minimum atomic E-state index is -1.02. The highest BCUT2D eigenvalue weighted by Crippen LogP contribution is 2.11. The molecule has 0 bridgehead atoms. The summed E-state index contributed by atoms with van der Waals surface area (Å²) in [5.41, 5.74) is 0. The van der Waals surface area contributed by atoms with E-state index >= 15 is 0 Å². The van der Waals surface area contributed by atoms with Gasteiger partial charge in [-0.1, -0.05) is 0 Å². The lowest BCUT2D eigenvalue weighted by Crippen LogP contribution is -2.26. The van der Waals surface area contributed by atoms with E-state index in [0.717, 1.165) is 4.90 Å². The number of nitrogens with zero attached hydrogens (tertiary/aromatic N) is 1. The third kappa shape index (κ3) is 1.31. The molecule has 52 valence electrons. The number of rotatable bonds is 0. The number of hydrogen-bond acceptors (Lipinski definition) is 1. The Bertz CT molecular complexity index is 128. The molecule has 0 aliphatic carbocycles. The van der Waals surface area contributed by atoms with Gasteiger partial charge in [0.2, 0.25) is 0 Å². The number of hydrogen-bond donors (Lipinski definition) is 1. The van der Waals surface area contributed by atoms with Crippen LogP contribution in [0.3, 0.4) is 0 Å². The van der Waals surface area contributed by atoms with Crippen molar-refractivity contribution in [1.29, 1.82) is 0 Å². The molecule has 0 radical (unpaired) electrons. The highest BCUT2D eigenvalue weighted by molar-refractivity contribution is 5.65. The Morgan fingerprint density at radius 2 is 2.44 bits per heavy atom. The summed E-state index contributed by atoms with van der Waals surface area (Å²) in [6.45, 7) is 0.395. The first-order chi connectivity index (χ1) is 4.20. The summed E-state index contributed by atoms with van der Waals surface area (Å²) in [5, 5.41) is 8.29. The van der Waals surface area contributed by atoms with Gasteiger partial charge in [-0.05, 0) is 6.42 Å².